The molecule has 5 N–H and O–H groups in total. The number of rotatable bonds is 7. The second kappa shape index (κ2) is 15.2. The fraction of sp³-hybridized carbons (Fsp3) is 0.243. The van der Waals surface area contributed by atoms with Crippen LogP contribution in [0.5, 0.6) is 0 Å². The Bertz CT molecular complexity index is 2200. The Morgan fingerprint density at radius 1 is 1.02 bits per heavy atom. The van der Waals surface area contributed by atoms with Crippen LogP contribution in [0.1, 0.15) is 97.2 Å². The predicted octanol–water partition coefficient (Wildman–Crippen LogP) is 6.24. The van der Waals surface area contributed by atoms with Crippen molar-refractivity contribution in [2.45, 2.75) is 58.7 Å². The molecule has 0 unspecified atom stereocenters. The average molecular weight is 733 g/mol. The number of hydrogen-bond acceptors (Lipinski definition) is 8. The van der Waals surface area contributed by atoms with Gasteiger partial charge in [-0.05, 0) is 99.2 Å². The number of carboxylic acids is 1. The van der Waals surface area contributed by atoms with E-state index in [2.05, 4.69) is 20.7 Å². The Morgan fingerprint density at radius 2 is 1.77 bits per heavy atom. The van der Waals surface area contributed by atoms with Crippen LogP contribution in [0.25, 0.3) is 5.65 Å². The number of benzene rings is 3. The predicted molar refractivity (Wildman–Crippen MR) is 188 cm³/mol. The fourth-order valence-corrected chi connectivity index (χ4v) is 5.84. The SMILES string of the molecule is Cc1c(C(=O)OC(C)(C)C)ccc2c1CC[C@@H]2NC(=O)c1cc(C(=O)NCc2ccc(F)c(F)c2)nc2c(C(=O)O)cnn12.Nc1cccc(Cl)c1. The average Bonchev–Trinajstić information content (AvgIpc) is 3.69. The molecule has 2 amide bonds. The topological polar surface area (TPSA) is 178 Å². The summed E-state index contributed by atoms with van der Waals surface area (Å²) >= 11 is 5.56. The third-order valence-corrected chi connectivity index (χ3v) is 8.31. The molecule has 0 saturated heterocycles. The quantitative estimate of drug-likeness (QED) is 0.111. The summed E-state index contributed by atoms with van der Waals surface area (Å²) in [5.74, 6) is -5.33. The molecule has 2 heterocycles. The van der Waals surface area contributed by atoms with Gasteiger partial charge in [0, 0.05) is 23.3 Å². The number of fused-ring (bicyclic) bond motifs is 2. The standard InChI is InChI=1S/C31H29F2N5O6.C6H6ClN/c1-15-17-8-10-23(19(17)7-6-18(15)30(43)44-31(2,3)4)37-28(40)25-12-24(36-26-20(29(41)42)14-35-38(25)26)27(39)34-13-16-5-9-21(32)22(33)11-16;7-5-2-1-3-6(8)4-5/h5-7,9,11-12,14,23H,8,10,13H2,1-4H3,(H,34,39)(H,37,40)(H,41,42);1-4H,8H2/t23-;/m0./s1. The third-order valence-electron chi connectivity index (χ3n) is 8.07. The Labute approximate surface area is 302 Å². The minimum atomic E-state index is -1.36. The van der Waals surface area contributed by atoms with Gasteiger partial charge in [0.2, 0.25) is 0 Å². The second-order valence-electron chi connectivity index (χ2n) is 13.0. The van der Waals surface area contributed by atoms with Crippen molar-refractivity contribution < 1.29 is 37.8 Å². The van der Waals surface area contributed by atoms with Crippen molar-refractivity contribution >= 4 is 46.7 Å². The summed E-state index contributed by atoms with van der Waals surface area (Å²) in [6.07, 6.45) is 2.16. The Morgan fingerprint density at radius 3 is 2.40 bits per heavy atom. The van der Waals surface area contributed by atoms with Crippen molar-refractivity contribution in [3.05, 3.63) is 128 Å². The number of nitrogen functional groups attached to an aromatic ring is 1. The molecule has 1 aliphatic carbocycles. The van der Waals surface area contributed by atoms with E-state index >= 15 is 0 Å². The van der Waals surface area contributed by atoms with E-state index in [4.69, 9.17) is 22.1 Å². The molecular weight excluding hydrogens is 698 g/mol. The number of halogens is 3. The van der Waals surface area contributed by atoms with Gasteiger partial charge < -0.3 is 26.2 Å². The number of amides is 2. The van der Waals surface area contributed by atoms with Gasteiger partial charge >= 0.3 is 11.9 Å². The number of hydrogen-bond donors (Lipinski definition) is 4. The van der Waals surface area contributed by atoms with Crippen molar-refractivity contribution in [2.24, 2.45) is 0 Å². The summed E-state index contributed by atoms with van der Waals surface area (Å²) < 4.78 is 33.4. The van der Waals surface area contributed by atoms with Crippen LogP contribution in [0.3, 0.4) is 0 Å². The summed E-state index contributed by atoms with van der Waals surface area (Å²) in [5, 5.41) is 19.8. The van der Waals surface area contributed by atoms with E-state index in [9.17, 15) is 33.1 Å². The van der Waals surface area contributed by atoms with Gasteiger partial charge in [-0.25, -0.2) is 27.9 Å². The molecule has 3 aromatic carbocycles. The maximum Gasteiger partial charge on any atom is 0.341 e. The van der Waals surface area contributed by atoms with Gasteiger partial charge in [0.15, 0.2) is 17.3 Å². The van der Waals surface area contributed by atoms with Crippen LogP contribution < -0.4 is 16.4 Å². The lowest BCUT2D eigenvalue weighted by molar-refractivity contribution is 0.00681. The van der Waals surface area contributed by atoms with Gasteiger partial charge in [-0.15, -0.1) is 0 Å². The molecule has 12 nitrogen and oxygen atoms in total. The lowest BCUT2D eigenvalue weighted by atomic mass is 9.97. The van der Waals surface area contributed by atoms with Crippen molar-refractivity contribution in [3.63, 3.8) is 0 Å². The first-order valence-corrected chi connectivity index (χ1v) is 16.4. The minimum absolute atomic E-state index is 0.143. The number of ether oxygens (including phenoxy) is 1. The molecule has 0 bridgehead atoms. The molecule has 0 radical (unpaired) electrons. The van der Waals surface area contributed by atoms with Crippen molar-refractivity contribution in [1.82, 2.24) is 25.2 Å². The number of nitrogens with zero attached hydrogens (tertiary/aromatic N) is 3. The van der Waals surface area contributed by atoms with Crippen LogP contribution in [0.4, 0.5) is 14.5 Å². The molecule has 6 rings (SSSR count). The molecule has 2 aromatic heterocycles. The largest absolute Gasteiger partial charge is 0.477 e. The lowest BCUT2D eigenvalue weighted by Crippen LogP contribution is -2.31. The molecule has 1 aliphatic rings. The number of nitrogens with two attached hydrogens (primary N) is 1. The normalized spacial score (nSPS) is 13.5. The van der Waals surface area contributed by atoms with Gasteiger partial charge in [0.25, 0.3) is 11.8 Å². The summed E-state index contributed by atoms with van der Waals surface area (Å²) in [7, 11) is 0. The summed E-state index contributed by atoms with van der Waals surface area (Å²) in [6, 6.07) is 14.4. The smallest absolute Gasteiger partial charge is 0.341 e. The molecule has 0 aliphatic heterocycles. The maximum absolute atomic E-state index is 13.6. The number of anilines is 1. The van der Waals surface area contributed by atoms with E-state index in [1.54, 1.807) is 51.1 Å². The van der Waals surface area contributed by atoms with Crippen molar-refractivity contribution in [3.8, 4) is 0 Å². The Balaban J connectivity index is 0.000000577. The van der Waals surface area contributed by atoms with Crippen LogP contribution in [-0.2, 0) is 17.7 Å². The van der Waals surface area contributed by atoms with Crippen LogP contribution in [0.15, 0.2) is 66.9 Å². The van der Waals surface area contributed by atoms with E-state index < -0.39 is 47.0 Å². The third kappa shape index (κ3) is 8.52. The summed E-state index contributed by atoms with van der Waals surface area (Å²) in [5.41, 5.74) is 7.67. The maximum atomic E-state index is 13.6. The van der Waals surface area contributed by atoms with Crippen LogP contribution in [-0.4, -0.2) is 49.1 Å². The number of aromatic carboxylic acids is 1. The highest BCUT2D eigenvalue weighted by atomic mass is 35.5. The van der Waals surface area contributed by atoms with Gasteiger partial charge in [0.05, 0.1) is 17.8 Å². The van der Waals surface area contributed by atoms with Crippen molar-refractivity contribution in [1.29, 1.82) is 0 Å². The molecule has 52 heavy (non-hydrogen) atoms. The number of esters is 1. The first-order valence-electron chi connectivity index (χ1n) is 16.0. The zero-order valence-corrected chi connectivity index (χ0v) is 29.3. The Kier molecular flexibility index (Phi) is 10.9. The molecule has 5 aromatic rings. The van der Waals surface area contributed by atoms with Gasteiger partial charge in [-0.2, -0.15) is 5.10 Å². The molecule has 270 valence electrons. The number of carboxylic acid groups (broad SMARTS) is 1. The molecule has 0 saturated carbocycles. The molecule has 0 spiro atoms. The number of nitrogens with one attached hydrogen (secondary N) is 2. The summed E-state index contributed by atoms with van der Waals surface area (Å²) in [6.45, 7) is 7.01. The Hall–Kier alpha value is -5.89. The molecule has 15 heteroatoms. The van der Waals surface area contributed by atoms with Gasteiger partial charge in [-0.1, -0.05) is 29.8 Å². The first kappa shape index (κ1) is 37.4. The fourth-order valence-electron chi connectivity index (χ4n) is 5.64. The molecule has 0 fully saturated rings. The highest BCUT2D eigenvalue weighted by Crippen LogP contribution is 2.35. The van der Waals surface area contributed by atoms with E-state index in [-0.39, 0.29) is 34.7 Å². The van der Waals surface area contributed by atoms with E-state index in [0.717, 1.165) is 39.5 Å². The van der Waals surface area contributed by atoms with E-state index in [1.807, 2.05) is 13.0 Å². The number of aromatic nitrogens is 3. The van der Waals surface area contributed by atoms with Crippen molar-refractivity contribution in [2.75, 3.05) is 5.73 Å². The monoisotopic (exact) mass is 732 g/mol. The lowest BCUT2D eigenvalue weighted by Gasteiger charge is -2.21. The summed E-state index contributed by atoms with van der Waals surface area (Å²) in [4.78, 5) is 55.3. The first-order chi connectivity index (χ1) is 24.5. The minimum Gasteiger partial charge on any atom is -0.477 e. The van der Waals surface area contributed by atoms with E-state index in [1.165, 1.54) is 12.1 Å². The number of carbonyl (C=O) groups is 4. The zero-order chi connectivity index (χ0) is 37.9. The molecule has 1 atom stereocenters. The molecular formula is C37H35ClF2N6O6. The zero-order valence-electron chi connectivity index (χ0n) is 28.6. The highest BCUT2D eigenvalue weighted by Gasteiger charge is 2.30. The van der Waals surface area contributed by atoms with Gasteiger partial charge in [0.1, 0.15) is 22.6 Å². The van der Waals surface area contributed by atoms with Crippen LogP contribution >= 0.6 is 11.6 Å². The van der Waals surface area contributed by atoms with Gasteiger partial charge in [-0.3, -0.25) is 9.59 Å². The van der Waals surface area contributed by atoms with E-state index in [0.29, 0.717) is 29.1 Å². The number of carbonyl (C=O) groups excluding carboxylic acids is 3. The van der Waals surface area contributed by atoms with Crippen LogP contribution in [0.2, 0.25) is 5.02 Å². The second-order valence-corrected chi connectivity index (χ2v) is 13.4. The highest BCUT2D eigenvalue weighted by molar-refractivity contribution is 6.30. The van der Waals surface area contributed by atoms with Crippen LogP contribution in [0, 0.1) is 18.6 Å².